The minimum Gasteiger partial charge on any atom is -0.444 e. The van der Waals surface area contributed by atoms with Crippen molar-refractivity contribution in [3.05, 3.63) is 30.1 Å². The van der Waals surface area contributed by atoms with Crippen molar-refractivity contribution in [3.63, 3.8) is 0 Å². The highest BCUT2D eigenvalue weighted by Crippen LogP contribution is 2.41. The molecule has 158 valence electrons. The Hall–Kier alpha value is -2.14. The Bertz CT molecular complexity index is 958. The van der Waals surface area contributed by atoms with Crippen LogP contribution in [0.25, 0.3) is 0 Å². The van der Waals surface area contributed by atoms with Crippen molar-refractivity contribution in [3.8, 4) is 0 Å². The second-order valence-corrected chi connectivity index (χ2v) is 11.1. The summed E-state index contributed by atoms with van der Waals surface area (Å²) in [6, 6.07) is 5.43. The lowest BCUT2D eigenvalue weighted by atomic mass is 10.2. The first kappa shape index (κ1) is 21.6. The minimum absolute atomic E-state index is 0.0589. The van der Waals surface area contributed by atoms with Crippen molar-refractivity contribution >= 4 is 44.5 Å². The summed E-state index contributed by atoms with van der Waals surface area (Å²) in [4.78, 5) is 29.4. The summed E-state index contributed by atoms with van der Waals surface area (Å²) in [5.41, 5.74) is -0.540. The molecule has 0 saturated carbocycles. The molecule has 1 aromatic rings. The third-order valence-electron chi connectivity index (χ3n) is 4.18. The van der Waals surface area contributed by atoms with E-state index in [0.29, 0.717) is 0 Å². The van der Waals surface area contributed by atoms with Gasteiger partial charge in [0.25, 0.3) is 5.91 Å². The van der Waals surface area contributed by atoms with Gasteiger partial charge in [-0.3, -0.25) is 4.79 Å². The molecule has 29 heavy (non-hydrogen) atoms. The van der Waals surface area contributed by atoms with E-state index in [1.807, 2.05) is 0 Å². The fourth-order valence-corrected chi connectivity index (χ4v) is 7.03. The van der Waals surface area contributed by atoms with E-state index in [4.69, 9.17) is 4.74 Å². The molecule has 2 saturated heterocycles. The van der Waals surface area contributed by atoms with Crippen LogP contribution in [-0.2, 0) is 19.4 Å². The molecular weight excluding hydrogens is 421 g/mol. The maximum Gasteiger partial charge on any atom is 0.408 e. The average Bonchev–Trinajstić information content (AvgIpc) is 3.03. The first-order valence-electron chi connectivity index (χ1n) is 8.94. The number of amides is 2. The summed E-state index contributed by atoms with van der Waals surface area (Å²) in [7, 11) is -3.25. The molecule has 2 aliphatic heterocycles. The predicted octanol–water partition coefficient (Wildman–Crippen LogP) is 1.95. The lowest BCUT2D eigenvalue weighted by molar-refractivity contribution is -0.117. The Morgan fingerprint density at radius 1 is 1.31 bits per heavy atom. The summed E-state index contributed by atoms with van der Waals surface area (Å²) in [6.07, 6.45) is -0.751. The highest BCUT2D eigenvalue weighted by Gasteiger charge is 2.49. The quantitative estimate of drug-likeness (QED) is 0.761. The zero-order valence-electron chi connectivity index (χ0n) is 16.2. The van der Waals surface area contributed by atoms with Crippen molar-refractivity contribution in [2.45, 2.75) is 37.7 Å². The van der Waals surface area contributed by atoms with Crippen LogP contribution in [0.15, 0.2) is 29.3 Å². The van der Waals surface area contributed by atoms with Gasteiger partial charge >= 0.3 is 6.09 Å². The van der Waals surface area contributed by atoms with E-state index in [2.05, 4.69) is 10.3 Å². The van der Waals surface area contributed by atoms with Gasteiger partial charge in [0.15, 0.2) is 15.0 Å². The van der Waals surface area contributed by atoms with Gasteiger partial charge in [0.2, 0.25) is 0 Å². The number of para-hydroxylation sites is 1. The summed E-state index contributed by atoms with van der Waals surface area (Å²) < 4.78 is 43.5. The number of fused-ring (bicyclic) bond motifs is 1. The summed E-state index contributed by atoms with van der Waals surface area (Å²) in [5, 5.41) is 2.20. The fourth-order valence-electron chi connectivity index (χ4n) is 3.10. The van der Waals surface area contributed by atoms with Crippen LogP contribution in [-0.4, -0.2) is 60.5 Å². The third kappa shape index (κ3) is 5.27. The minimum atomic E-state index is -3.25. The number of benzene rings is 1. The number of halogens is 1. The van der Waals surface area contributed by atoms with Gasteiger partial charge in [0, 0.05) is 5.25 Å². The molecule has 0 aliphatic carbocycles. The molecule has 2 heterocycles. The Kier molecular flexibility index (Phi) is 5.91. The number of carbonyl (C=O) groups excluding carboxylic acids is 2. The number of carbonyl (C=O) groups is 2. The monoisotopic (exact) mass is 443 g/mol. The molecule has 1 aromatic carbocycles. The van der Waals surface area contributed by atoms with Crippen molar-refractivity contribution in [2.75, 3.05) is 23.0 Å². The van der Waals surface area contributed by atoms with Crippen molar-refractivity contribution in [1.29, 1.82) is 0 Å². The number of rotatable bonds is 3. The van der Waals surface area contributed by atoms with Crippen LogP contribution in [0.5, 0.6) is 0 Å². The first-order valence-corrected chi connectivity index (χ1v) is 11.6. The number of thioether (sulfide) groups is 1. The first-order chi connectivity index (χ1) is 13.5. The number of nitrogens with zero attached hydrogens (tertiary/aromatic N) is 2. The Balaban J connectivity index is 1.79. The lowest BCUT2D eigenvalue weighted by Crippen LogP contribution is -2.39. The molecule has 0 radical (unpaired) electrons. The van der Waals surface area contributed by atoms with Crippen molar-refractivity contribution < 1.29 is 27.1 Å². The second-order valence-electron chi connectivity index (χ2n) is 7.77. The number of aliphatic imine (C=N–C) groups is 1. The number of alkyl carbamates (subject to hydrolysis) is 1. The number of amidine groups is 1. The number of sulfone groups is 1. The van der Waals surface area contributed by atoms with E-state index in [-0.39, 0.29) is 27.6 Å². The van der Waals surface area contributed by atoms with Crippen LogP contribution in [0.4, 0.5) is 14.9 Å². The van der Waals surface area contributed by atoms with Crippen LogP contribution in [0.1, 0.15) is 20.8 Å². The van der Waals surface area contributed by atoms with Crippen molar-refractivity contribution in [1.82, 2.24) is 5.32 Å². The second kappa shape index (κ2) is 7.94. The molecule has 0 spiro atoms. The van der Waals surface area contributed by atoms with Gasteiger partial charge in [0.1, 0.15) is 18.0 Å². The number of nitrogens with one attached hydrogen (secondary N) is 1. The molecule has 2 atom stereocenters. The molecule has 3 rings (SSSR count). The average molecular weight is 444 g/mol. The Morgan fingerprint density at radius 2 is 2.00 bits per heavy atom. The summed E-state index contributed by atoms with van der Waals surface area (Å²) >= 11 is 1.13. The molecule has 0 unspecified atom stereocenters. The van der Waals surface area contributed by atoms with E-state index in [0.717, 1.165) is 11.8 Å². The standard InChI is InChI=1S/C18H22FN3O5S2/c1-18(2,3)27-17(24)20-8-15(23)21-16-22(12-7-5-4-6-11(12)19)13-9-29(25,26)10-14(13)28-16/h4-7,13-14H,8-10H2,1-3H3,(H,20,24)/t13-,14+/m0/s1. The van der Waals surface area contributed by atoms with Crippen LogP contribution >= 0.6 is 11.8 Å². The van der Waals surface area contributed by atoms with E-state index in [1.165, 1.54) is 23.1 Å². The van der Waals surface area contributed by atoms with E-state index in [9.17, 15) is 22.4 Å². The van der Waals surface area contributed by atoms with E-state index < -0.39 is 45.8 Å². The van der Waals surface area contributed by atoms with Crippen LogP contribution < -0.4 is 10.2 Å². The lowest BCUT2D eigenvalue weighted by Gasteiger charge is -2.24. The number of ether oxygens (including phenoxy) is 1. The largest absolute Gasteiger partial charge is 0.444 e. The zero-order valence-corrected chi connectivity index (χ0v) is 17.8. The summed E-state index contributed by atoms with van der Waals surface area (Å²) in [6.45, 7) is 4.70. The molecular formula is C18H22FN3O5S2. The van der Waals surface area contributed by atoms with Crippen LogP contribution in [0, 0.1) is 5.82 Å². The number of hydrogen-bond donors (Lipinski definition) is 1. The topological polar surface area (TPSA) is 105 Å². The zero-order chi connectivity index (χ0) is 21.4. The van der Waals surface area contributed by atoms with Crippen molar-refractivity contribution in [2.24, 2.45) is 4.99 Å². The van der Waals surface area contributed by atoms with Gasteiger partial charge in [-0.05, 0) is 32.9 Å². The molecule has 8 nitrogen and oxygen atoms in total. The maximum atomic E-state index is 14.4. The molecule has 1 N–H and O–H groups in total. The molecule has 2 fully saturated rings. The smallest absolute Gasteiger partial charge is 0.408 e. The van der Waals surface area contributed by atoms with Gasteiger partial charge in [0.05, 0.1) is 23.2 Å². The SMILES string of the molecule is CC(C)(C)OC(=O)NCC(=O)N=C1S[C@@H]2CS(=O)(=O)C[C@@H]2N1c1ccccc1F. The van der Waals surface area contributed by atoms with Gasteiger partial charge in [-0.2, -0.15) is 4.99 Å². The molecule has 0 bridgehead atoms. The van der Waals surface area contributed by atoms with E-state index >= 15 is 0 Å². The predicted molar refractivity (Wildman–Crippen MR) is 109 cm³/mol. The highest BCUT2D eigenvalue weighted by atomic mass is 32.2. The third-order valence-corrected chi connectivity index (χ3v) is 7.39. The fraction of sp³-hybridized carbons (Fsp3) is 0.500. The normalized spacial score (nSPS) is 24.4. The van der Waals surface area contributed by atoms with Gasteiger partial charge < -0.3 is 15.0 Å². The number of anilines is 1. The molecule has 2 amide bonds. The molecule has 2 aliphatic rings. The van der Waals surface area contributed by atoms with Gasteiger partial charge in [-0.15, -0.1) is 0 Å². The highest BCUT2D eigenvalue weighted by molar-refractivity contribution is 8.16. The number of hydrogen-bond acceptors (Lipinski definition) is 6. The van der Waals surface area contributed by atoms with Gasteiger partial charge in [-0.25, -0.2) is 17.6 Å². The molecule has 11 heteroatoms. The summed E-state index contributed by atoms with van der Waals surface area (Å²) in [5.74, 6) is -1.38. The maximum absolute atomic E-state index is 14.4. The Labute approximate surface area is 172 Å². The Morgan fingerprint density at radius 3 is 2.66 bits per heavy atom. The van der Waals surface area contributed by atoms with Crippen LogP contribution in [0.3, 0.4) is 0 Å². The molecule has 0 aromatic heterocycles. The van der Waals surface area contributed by atoms with Crippen LogP contribution in [0.2, 0.25) is 0 Å². The van der Waals surface area contributed by atoms with Gasteiger partial charge in [-0.1, -0.05) is 23.9 Å². The van der Waals surface area contributed by atoms with E-state index in [1.54, 1.807) is 26.8 Å².